The molecule has 1 heterocycles. The van der Waals surface area contributed by atoms with Crippen molar-refractivity contribution in [3.8, 4) is 0 Å². The van der Waals surface area contributed by atoms with E-state index in [1.54, 1.807) is 0 Å². The van der Waals surface area contributed by atoms with Gasteiger partial charge in [0.2, 0.25) is 0 Å². The van der Waals surface area contributed by atoms with E-state index in [9.17, 15) is 8.42 Å². The predicted octanol–water partition coefficient (Wildman–Crippen LogP) is 0.729. The molecule has 1 aliphatic rings. The van der Waals surface area contributed by atoms with Crippen molar-refractivity contribution in [2.45, 2.75) is 24.5 Å². The molecular weight excluding hydrogens is 186 g/mol. The number of hydrogen-bond acceptors (Lipinski definition) is 3. The third-order valence-corrected chi connectivity index (χ3v) is 4.65. The predicted molar refractivity (Wildman–Crippen MR) is 54.5 cm³/mol. The minimum absolute atomic E-state index is 0.111. The standard InChI is InChI=1S/C9H17NO2S/c1-10-7-3-2-5-9-6-4-8-13(9,11)12/h2-3,9-10H,4-8H2,1H3/b3-2-. The highest BCUT2D eigenvalue weighted by Crippen LogP contribution is 2.22. The highest BCUT2D eigenvalue weighted by atomic mass is 32.2. The van der Waals surface area contributed by atoms with Crippen LogP contribution in [0, 0.1) is 0 Å². The Morgan fingerprint density at radius 2 is 2.23 bits per heavy atom. The zero-order valence-corrected chi connectivity index (χ0v) is 8.81. The van der Waals surface area contributed by atoms with Gasteiger partial charge in [-0.15, -0.1) is 0 Å². The Balaban J connectivity index is 2.37. The van der Waals surface area contributed by atoms with Gasteiger partial charge in [-0.25, -0.2) is 8.42 Å². The molecule has 0 spiro atoms. The van der Waals surface area contributed by atoms with Gasteiger partial charge in [0, 0.05) is 6.54 Å². The lowest BCUT2D eigenvalue weighted by atomic mass is 10.2. The Hall–Kier alpha value is -0.350. The first-order chi connectivity index (χ1) is 6.17. The van der Waals surface area contributed by atoms with E-state index in [2.05, 4.69) is 5.32 Å². The van der Waals surface area contributed by atoms with Gasteiger partial charge in [0.1, 0.15) is 0 Å². The molecule has 1 rings (SSSR count). The van der Waals surface area contributed by atoms with Crippen LogP contribution in [0.1, 0.15) is 19.3 Å². The first-order valence-electron chi connectivity index (χ1n) is 4.68. The fourth-order valence-electron chi connectivity index (χ4n) is 1.57. The zero-order valence-electron chi connectivity index (χ0n) is 7.99. The van der Waals surface area contributed by atoms with E-state index < -0.39 is 9.84 Å². The average molecular weight is 203 g/mol. The summed E-state index contributed by atoms with van der Waals surface area (Å²) in [4.78, 5) is 0. The summed E-state index contributed by atoms with van der Waals surface area (Å²) in [6.07, 6.45) is 6.31. The maximum atomic E-state index is 11.4. The number of nitrogens with one attached hydrogen (secondary N) is 1. The largest absolute Gasteiger partial charge is 0.316 e. The Bertz CT molecular complexity index is 269. The molecule has 1 unspecified atom stereocenters. The summed E-state index contributed by atoms with van der Waals surface area (Å²) < 4.78 is 22.8. The third kappa shape index (κ3) is 3.12. The quantitative estimate of drug-likeness (QED) is 0.685. The van der Waals surface area contributed by atoms with Gasteiger partial charge in [0.05, 0.1) is 11.0 Å². The van der Waals surface area contributed by atoms with Gasteiger partial charge in [0.25, 0.3) is 0 Å². The average Bonchev–Trinajstić information content (AvgIpc) is 2.40. The van der Waals surface area contributed by atoms with Gasteiger partial charge in [-0.05, 0) is 26.3 Å². The number of sulfone groups is 1. The van der Waals surface area contributed by atoms with E-state index in [1.807, 2.05) is 19.2 Å². The zero-order chi connectivity index (χ0) is 9.73. The van der Waals surface area contributed by atoms with E-state index in [-0.39, 0.29) is 5.25 Å². The Morgan fingerprint density at radius 3 is 2.77 bits per heavy atom. The summed E-state index contributed by atoms with van der Waals surface area (Å²) >= 11 is 0. The van der Waals surface area contributed by atoms with E-state index in [1.165, 1.54) is 0 Å². The normalized spacial score (nSPS) is 27.0. The molecule has 0 aromatic rings. The van der Waals surface area contributed by atoms with Crippen molar-refractivity contribution >= 4 is 9.84 Å². The molecule has 3 nitrogen and oxygen atoms in total. The lowest BCUT2D eigenvalue weighted by Gasteiger charge is -2.04. The van der Waals surface area contributed by atoms with Crippen molar-refractivity contribution in [2.75, 3.05) is 19.3 Å². The van der Waals surface area contributed by atoms with Crippen molar-refractivity contribution in [2.24, 2.45) is 0 Å². The van der Waals surface area contributed by atoms with E-state index >= 15 is 0 Å². The molecule has 4 heteroatoms. The lowest BCUT2D eigenvalue weighted by Crippen LogP contribution is -2.14. The molecule has 13 heavy (non-hydrogen) atoms. The van der Waals surface area contributed by atoms with Crippen LogP contribution in [-0.4, -0.2) is 33.0 Å². The van der Waals surface area contributed by atoms with Crippen molar-refractivity contribution in [1.29, 1.82) is 0 Å². The van der Waals surface area contributed by atoms with Gasteiger partial charge in [-0.3, -0.25) is 0 Å². The Kier molecular flexibility index (Phi) is 3.93. The van der Waals surface area contributed by atoms with Crippen molar-refractivity contribution in [1.82, 2.24) is 5.32 Å². The van der Waals surface area contributed by atoms with Gasteiger partial charge in [0.15, 0.2) is 9.84 Å². The Labute approximate surface area is 80.1 Å². The highest BCUT2D eigenvalue weighted by molar-refractivity contribution is 7.92. The summed E-state index contributed by atoms with van der Waals surface area (Å²) in [6, 6.07) is 0. The van der Waals surface area contributed by atoms with Crippen LogP contribution in [0.15, 0.2) is 12.2 Å². The summed E-state index contributed by atoms with van der Waals surface area (Å²) in [6.45, 7) is 0.812. The molecule has 0 radical (unpaired) electrons. The number of allylic oxidation sites excluding steroid dienone is 1. The smallest absolute Gasteiger partial charge is 0.153 e. The van der Waals surface area contributed by atoms with Crippen LogP contribution in [0.25, 0.3) is 0 Å². The minimum Gasteiger partial charge on any atom is -0.316 e. The topological polar surface area (TPSA) is 46.2 Å². The molecule has 1 saturated heterocycles. The van der Waals surface area contributed by atoms with Gasteiger partial charge >= 0.3 is 0 Å². The van der Waals surface area contributed by atoms with E-state index in [0.29, 0.717) is 12.2 Å². The van der Waals surface area contributed by atoms with Gasteiger partial charge < -0.3 is 5.32 Å². The van der Waals surface area contributed by atoms with Crippen LogP contribution in [0.5, 0.6) is 0 Å². The lowest BCUT2D eigenvalue weighted by molar-refractivity contribution is 0.589. The molecule has 0 aliphatic carbocycles. The van der Waals surface area contributed by atoms with Crippen LogP contribution in [0.4, 0.5) is 0 Å². The van der Waals surface area contributed by atoms with Crippen LogP contribution < -0.4 is 5.32 Å². The highest BCUT2D eigenvalue weighted by Gasteiger charge is 2.29. The van der Waals surface area contributed by atoms with Crippen molar-refractivity contribution in [3.63, 3.8) is 0 Å². The summed E-state index contributed by atoms with van der Waals surface area (Å²) in [5.41, 5.74) is 0. The first kappa shape index (κ1) is 10.7. The SMILES string of the molecule is CNC/C=C\CC1CCCS1(=O)=O. The number of likely N-dealkylation sites (N-methyl/N-ethyl adjacent to an activating group) is 1. The number of rotatable bonds is 4. The maximum absolute atomic E-state index is 11.4. The van der Waals surface area contributed by atoms with Crippen molar-refractivity contribution in [3.05, 3.63) is 12.2 Å². The molecule has 1 aliphatic heterocycles. The monoisotopic (exact) mass is 203 g/mol. The number of hydrogen-bond donors (Lipinski definition) is 1. The molecule has 0 bridgehead atoms. The summed E-state index contributed by atoms with van der Waals surface area (Å²) in [7, 11) is -0.874. The van der Waals surface area contributed by atoms with Gasteiger partial charge in [-0.1, -0.05) is 12.2 Å². The van der Waals surface area contributed by atoms with Crippen LogP contribution in [0.2, 0.25) is 0 Å². The Morgan fingerprint density at radius 1 is 1.46 bits per heavy atom. The molecule has 0 saturated carbocycles. The molecule has 0 aromatic heterocycles. The van der Waals surface area contributed by atoms with Crippen molar-refractivity contribution < 1.29 is 8.42 Å². The van der Waals surface area contributed by atoms with E-state index in [0.717, 1.165) is 19.4 Å². The van der Waals surface area contributed by atoms with Crippen LogP contribution in [-0.2, 0) is 9.84 Å². The van der Waals surface area contributed by atoms with Gasteiger partial charge in [-0.2, -0.15) is 0 Å². The fourth-order valence-corrected chi connectivity index (χ4v) is 3.40. The summed E-state index contributed by atoms with van der Waals surface area (Å²) in [5.74, 6) is 0.386. The molecule has 1 fully saturated rings. The fraction of sp³-hybridized carbons (Fsp3) is 0.778. The second-order valence-electron chi connectivity index (χ2n) is 3.40. The molecular formula is C9H17NO2S. The first-order valence-corrected chi connectivity index (χ1v) is 6.39. The second-order valence-corrected chi connectivity index (χ2v) is 5.80. The molecule has 0 aromatic carbocycles. The van der Waals surface area contributed by atoms with E-state index in [4.69, 9.17) is 0 Å². The van der Waals surface area contributed by atoms with Crippen LogP contribution in [0.3, 0.4) is 0 Å². The minimum atomic E-state index is -2.75. The molecule has 0 amide bonds. The molecule has 1 N–H and O–H groups in total. The summed E-state index contributed by atoms with van der Waals surface area (Å²) in [5, 5.41) is 2.87. The maximum Gasteiger partial charge on any atom is 0.153 e. The molecule has 1 atom stereocenters. The second kappa shape index (κ2) is 4.77. The molecule has 76 valence electrons. The third-order valence-electron chi connectivity index (χ3n) is 2.35. The van der Waals surface area contributed by atoms with Crippen LogP contribution >= 0.6 is 0 Å².